The van der Waals surface area contributed by atoms with E-state index < -0.39 is 0 Å². The highest BCUT2D eigenvalue weighted by atomic mass is 16.2. The molecule has 1 N–H and O–H groups in total. The fourth-order valence-corrected chi connectivity index (χ4v) is 2.09. The van der Waals surface area contributed by atoms with Crippen molar-refractivity contribution in [3.63, 3.8) is 0 Å². The van der Waals surface area contributed by atoms with E-state index in [9.17, 15) is 4.79 Å². The summed E-state index contributed by atoms with van der Waals surface area (Å²) in [4.78, 5) is 17.7. The molecule has 0 aromatic rings. The second kappa shape index (κ2) is 6.81. The van der Waals surface area contributed by atoms with Gasteiger partial charge in [-0.3, -0.25) is 4.90 Å². The Morgan fingerprint density at radius 3 is 2.00 bits per heavy atom. The summed E-state index contributed by atoms with van der Waals surface area (Å²) >= 11 is 0. The van der Waals surface area contributed by atoms with E-state index >= 15 is 0 Å². The van der Waals surface area contributed by atoms with E-state index in [1.165, 1.54) is 0 Å². The summed E-state index contributed by atoms with van der Waals surface area (Å²) in [5.41, 5.74) is 0. The lowest BCUT2D eigenvalue weighted by Crippen LogP contribution is -2.62. The number of amides is 2. The Morgan fingerprint density at radius 1 is 1.12 bits per heavy atom. The van der Waals surface area contributed by atoms with Crippen molar-refractivity contribution >= 4 is 6.03 Å². The molecule has 0 unspecified atom stereocenters. The van der Waals surface area contributed by atoms with Crippen LogP contribution in [-0.2, 0) is 0 Å². The molecule has 0 aliphatic carbocycles. The number of urea groups is 1. The SMILES string of the molecule is CC.CN(C)C(=O)N1CCN(C2CNC2)CC1. The highest BCUT2D eigenvalue weighted by molar-refractivity contribution is 5.73. The summed E-state index contributed by atoms with van der Waals surface area (Å²) in [7, 11) is 3.62. The third-order valence-electron chi connectivity index (χ3n) is 3.24. The predicted octanol–water partition coefficient (Wildman–Crippen LogP) is 0.284. The normalized spacial score (nSPS) is 21.3. The molecule has 0 atom stereocenters. The van der Waals surface area contributed by atoms with Gasteiger partial charge in [0.25, 0.3) is 0 Å². The minimum atomic E-state index is 0.140. The summed E-state index contributed by atoms with van der Waals surface area (Å²) in [5.74, 6) is 0. The van der Waals surface area contributed by atoms with Crippen LogP contribution in [0.1, 0.15) is 13.8 Å². The van der Waals surface area contributed by atoms with E-state index in [0.29, 0.717) is 6.04 Å². The van der Waals surface area contributed by atoms with Gasteiger partial charge in [0.2, 0.25) is 0 Å². The molecule has 0 spiro atoms. The lowest BCUT2D eigenvalue weighted by molar-refractivity contribution is 0.0775. The van der Waals surface area contributed by atoms with E-state index in [4.69, 9.17) is 0 Å². The van der Waals surface area contributed by atoms with Gasteiger partial charge in [-0.25, -0.2) is 4.79 Å². The van der Waals surface area contributed by atoms with Gasteiger partial charge in [0.1, 0.15) is 0 Å². The van der Waals surface area contributed by atoms with Crippen LogP contribution in [0.3, 0.4) is 0 Å². The van der Waals surface area contributed by atoms with Crippen LogP contribution in [0, 0.1) is 0 Å². The summed E-state index contributed by atoms with van der Waals surface area (Å²) in [6.07, 6.45) is 0. The van der Waals surface area contributed by atoms with Crippen molar-refractivity contribution < 1.29 is 4.79 Å². The molecule has 0 saturated carbocycles. The van der Waals surface area contributed by atoms with Crippen LogP contribution in [0.15, 0.2) is 0 Å². The second-order valence-corrected chi connectivity index (χ2v) is 4.51. The zero-order valence-electron chi connectivity index (χ0n) is 11.6. The number of rotatable bonds is 1. The van der Waals surface area contributed by atoms with Crippen LogP contribution in [0.5, 0.6) is 0 Å². The Hall–Kier alpha value is -0.810. The maximum Gasteiger partial charge on any atom is 0.319 e. The van der Waals surface area contributed by atoms with E-state index in [2.05, 4.69) is 10.2 Å². The largest absolute Gasteiger partial charge is 0.331 e. The molecule has 2 aliphatic heterocycles. The maximum absolute atomic E-state index is 11.7. The first-order valence-corrected chi connectivity index (χ1v) is 6.59. The Morgan fingerprint density at radius 2 is 1.65 bits per heavy atom. The fourth-order valence-electron chi connectivity index (χ4n) is 2.09. The van der Waals surface area contributed by atoms with Gasteiger partial charge in [0.05, 0.1) is 0 Å². The minimum absolute atomic E-state index is 0.140. The number of carbonyl (C=O) groups excluding carboxylic acids is 1. The van der Waals surface area contributed by atoms with Crippen LogP contribution in [0.25, 0.3) is 0 Å². The van der Waals surface area contributed by atoms with Crippen molar-refractivity contribution in [3.05, 3.63) is 0 Å². The average molecular weight is 242 g/mol. The quantitative estimate of drug-likeness (QED) is 0.718. The number of hydrogen-bond donors (Lipinski definition) is 1. The smallest absolute Gasteiger partial charge is 0.319 e. The Labute approximate surface area is 105 Å². The van der Waals surface area contributed by atoms with Gasteiger partial charge < -0.3 is 15.1 Å². The van der Waals surface area contributed by atoms with E-state index in [1.807, 2.05) is 32.8 Å². The standard InChI is InChI=1S/C10H20N4O.C2H6/c1-12(2)10(15)14-5-3-13(4-6-14)9-7-11-8-9;1-2/h9,11H,3-8H2,1-2H3;1-2H3. The van der Waals surface area contributed by atoms with Gasteiger partial charge in [-0.2, -0.15) is 0 Å². The lowest BCUT2D eigenvalue weighted by Gasteiger charge is -2.43. The average Bonchev–Trinajstić information content (AvgIpc) is 2.29. The maximum atomic E-state index is 11.7. The van der Waals surface area contributed by atoms with Crippen molar-refractivity contribution in [2.45, 2.75) is 19.9 Å². The monoisotopic (exact) mass is 242 g/mol. The molecule has 2 saturated heterocycles. The third kappa shape index (κ3) is 3.57. The molecule has 5 nitrogen and oxygen atoms in total. The summed E-state index contributed by atoms with van der Waals surface area (Å²) < 4.78 is 0. The van der Waals surface area contributed by atoms with Crippen LogP contribution >= 0.6 is 0 Å². The number of hydrogen-bond acceptors (Lipinski definition) is 3. The van der Waals surface area contributed by atoms with Gasteiger partial charge in [-0.05, 0) is 0 Å². The molecule has 0 bridgehead atoms. The van der Waals surface area contributed by atoms with Crippen molar-refractivity contribution in [2.24, 2.45) is 0 Å². The molecule has 2 rings (SSSR count). The molecule has 100 valence electrons. The summed E-state index contributed by atoms with van der Waals surface area (Å²) in [5, 5.41) is 3.28. The Bertz CT molecular complexity index is 233. The second-order valence-electron chi connectivity index (χ2n) is 4.51. The molecule has 2 heterocycles. The van der Waals surface area contributed by atoms with Crippen molar-refractivity contribution in [2.75, 3.05) is 53.4 Å². The molecule has 0 radical (unpaired) electrons. The first-order chi connectivity index (χ1) is 8.18. The number of carbonyl (C=O) groups is 1. The first kappa shape index (κ1) is 14.3. The fraction of sp³-hybridized carbons (Fsp3) is 0.917. The molecule has 2 fully saturated rings. The summed E-state index contributed by atoms with van der Waals surface area (Å²) in [6.45, 7) is 10.0. The van der Waals surface area contributed by atoms with E-state index in [1.54, 1.807) is 4.90 Å². The van der Waals surface area contributed by atoms with Crippen LogP contribution in [-0.4, -0.2) is 80.1 Å². The first-order valence-electron chi connectivity index (χ1n) is 6.59. The number of nitrogens with zero attached hydrogens (tertiary/aromatic N) is 3. The molecular weight excluding hydrogens is 216 g/mol. The van der Waals surface area contributed by atoms with E-state index in [0.717, 1.165) is 39.3 Å². The van der Waals surface area contributed by atoms with Gasteiger partial charge >= 0.3 is 6.03 Å². The predicted molar refractivity (Wildman–Crippen MR) is 70.2 cm³/mol. The summed E-state index contributed by atoms with van der Waals surface area (Å²) in [6, 6.07) is 0.850. The number of nitrogens with one attached hydrogen (secondary N) is 1. The van der Waals surface area contributed by atoms with Gasteiger partial charge in [0, 0.05) is 59.4 Å². The van der Waals surface area contributed by atoms with E-state index in [-0.39, 0.29) is 6.03 Å². The Balaban J connectivity index is 0.000000686. The van der Waals surface area contributed by atoms with Crippen molar-refractivity contribution in [1.82, 2.24) is 20.0 Å². The van der Waals surface area contributed by atoms with Crippen molar-refractivity contribution in [3.8, 4) is 0 Å². The molecular formula is C12H26N4O. The molecule has 2 amide bonds. The van der Waals surface area contributed by atoms with Crippen LogP contribution < -0.4 is 5.32 Å². The molecule has 2 aliphatic rings. The molecule has 17 heavy (non-hydrogen) atoms. The van der Waals surface area contributed by atoms with Crippen LogP contribution in [0.4, 0.5) is 4.79 Å². The van der Waals surface area contributed by atoms with Gasteiger partial charge in [0.15, 0.2) is 0 Å². The molecule has 0 aromatic heterocycles. The number of piperazine rings is 1. The third-order valence-corrected chi connectivity index (χ3v) is 3.24. The van der Waals surface area contributed by atoms with Gasteiger partial charge in [-0.1, -0.05) is 13.8 Å². The highest BCUT2D eigenvalue weighted by Crippen LogP contribution is 2.10. The Kier molecular flexibility index (Phi) is 5.71. The lowest BCUT2D eigenvalue weighted by atomic mass is 10.1. The minimum Gasteiger partial charge on any atom is -0.331 e. The topological polar surface area (TPSA) is 38.8 Å². The van der Waals surface area contributed by atoms with Crippen molar-refractivity contribution in [1.29, 1.82) is 0 Å². The molecule has 0 aromatic carbocycles. The van der Waals surface area contributed by atoms with Crippen LogP contribution in [0.2, 0.25) is 0 Å². The zero-order chi connectivity index (χ0) is 12.8. The highest BCUT2D eigenvalue weighted by Gasteiger charge is 2.29. The molecule has 5 heteroatoms. The zero-order valence-corrected chi connectivity index (χ0v) is 11.6. The van der Waals surface area contributed by atoms with Gasteiger partial charge in [-0.15, -0.1) is 0 Å².